The molecule has 0 radical (unpaired) electrons. The number of benzene rings is 3. The second kappa shape index (κ2) is 16.7. The van der Waals surface area contributed by atoms with E-state index >= 15 is 0 Å². The maximum Gasteiger partial charge on any atom is 0.261 e. The van der Waals surface area contributed by atoms with Crippen LogP contribution in [0.5, 0.6) is 5.75 Å². The Morgan fingerprint density at radius 2 is 1.65 bits per heavy atom. The summed E-state index contributed by atoms with van der Waals surface area (Å²) in [4.78, 5) is 16.0. The van der Waals surface area contributed by atoms with Crippen LogP contribution in [-0.4, -0.2) is 88.7 Å². The number of anilines is 1. The first-order valence-electron chi connectivity index (χ1n) is 16.3. The van der Waals surface area contributed by atoms with Crippen molar-refractivity contribution in [3.63, 3.8) is 0 Å². The molecule has 0 saturated heterocycles. The van der Waals surface area contributed by atoms with Crippen LogP contribution in [0.3, 0.4) is 0 Å². The van der Waals surface area contributed by atoms with E-state index in [0.717, 1.165) is 12.0 Å². The number of hydrogen-bond acceptors (Lipinski definition) is 8. The van der Waals surface area contributed by atoms with Crippen LogP contribution in [0.1, 0.15) is 56.0 Å². The lowest BCUT2D eigenvalue weighted by molar-refractivity contribution is -0.00833. The molecule has 0 spiro atoms. The van der Waals surface area contributed by atoms with Crippen molar-refractivity contribution in [3.05, 3.63) is 82.9 Å². The molecule has 49 heavy (non-hydrogen) atoms. The predicted molar refractivity (Wildman–Crippen MR) is 190 cm³/mol. The Hall–Kier alpha value is -3.20. The average molecular weight is 736 g/mol. The minimum absolute atomic E-state index is 0.0166. The summed E-state index contributed by atoms with van der Waals surface area (Å²) in [7, 11) is -6.35. The Morgan fingerprint density at radius 3 is 2.31 bits per heavy atom. The second-order valence-electron chi connectivity index (χ2n) is 12.7. The molecule has 1 heterocycles. The van der Waals surface area contributed by atoms with Crippen molar-refractivity contribution >= 4 is 43.2 Å². The van der Waals surface area contributed by atoms with E-state index in [1.54, 1.807) is 31.2 Å². The molecule has 268 valence electrons. The summed E-state index contributed by atoms with van der Waals surface area (Å²) in [6.07, 6.45) is 1.23. The van der Waals surface area contributed by atoms with E-state index in [1.807, 2.05) is 20.8 Å². The van der Waals surface area contributed by atoms with Gasteiger partial charge in [-0.15, -0.1) is 0 Å². The number of aryl methyl sites for hydroxylation is 1. The monoisotopic (exact) mass is 735 g/mol. The summed E-state index contributed by atoms with van der Waals surface area (Å²) in [5, 5.41) is 10.6. The molecule has 4 atom stereocenters. The van der Waals surface area contributed by atoms with E-state index in [1.165, 1.54) is 58.7 Å². The second-order valence-corrected chi connectivity index (χ2v) is 16.8. The van der Waals surface area contributed by atoms with Gasteiger partial charge < -0.3 is 19.5 Å². The van der Waals surface area contributed by atoms with Crippen molar-refractivity contribution < 1.29 is 36.2 Å². The molecule has 1 aliphatic rings. The number of aliphatic hydroxyl groups is 1. The van der Waals surface area contributed by atoms with Gasteiger partial charge in [0.25, 0.3) is 15.9 Å². The normalized spacial score (nSPS) is 20.6. The maximum atomic E-state index is 14.4. The number of aliphatic hydroxyl groups excluding tert-OH is 1. The van der Waals surface area contributed by atoms with Gasteiger partial charge in [-0.3, -0.25) is 9.52 Å². The summed E-state index contributed by atoms with van der Waals surface area (Å²) < 4.78 is 69.6. The first-order valence-corrected chi connectivity index (χ1v) is 19.6. The van der Waals surface area contributed by atoms with E-state index in [9.17, 15) is 26.7 Å². The largest absolute Gasteiger partial charge is 0.490 e. The third-order valence-corrected chi connectivity index (χ3v) is 12.1. The van der Waals surface area contributed by atoms with Crippen LogP contribution in [-0.2, 0) is 24.8 Å². The molecular weight excluding hydrogens is 690 g/mol. The average Bonchev–Trinajstić information content (AvgIpc) is 3.06. The van der Waals surface area contributed by atoms with Gasteiger partial charge in [0.05, 0.1) is 40.2 Å². The van der Waals surface area contributed by atoms with E-state index in [2.05, 4.69) is 4.72 Å². The van der Waals surface area contributed by atoms with E-state index < -0.39 is 38.1 Å². The van der Waals surface area contributed by atoms with Gasteiger partial charge in [-0.05, 0) is 94.6 Å². The Balaban J connectivity index is 1.67. The molecule has 0 saturated carbocycles. The lowest BCUT2D eigenvalue weighted by atomic mass is 10.0. The van der Waals surface area contributed by atoms with Crippen molar-refractivity contribution in [2.45, 2.75) is 75.0 Å². The van der Waals surface area contributed by atoms with Crippen LogP contribution in [0.15, 0.2) is 76.5 Å². The number of nitrogens with zero attached hydrogens (tertiary/aromatic N) is 2. The summed E-state index contributed by atoms with van der Waals surface area (Å²) in [6.45, 7) is 7.48. The number of rotatable bonds is 9. The summed E-state index contributed by atoms with van der Waals surface area (Å²) >= 11 is 5.98. The molecule has 11 nitrogen and oxygen atoms in total. The molecule has 2 N–H and O–H groups in total. The van der Waals surface area contributed by atoms with Crippen LogP contribution < -0.4 is 9.46 Å². The first kappa shape index (κ1) is 38.6. The molecule has 0 unspecified atom stereocenters. The number of fused-ring (bicyclic) bond motifs is 1. The van der Waals surface area contributed by atoms with Gasteiger partial charge in [-0.1, -0.05) is 36.2 Å². The van der Waals surface area contributed by atoms with Crippen LogP contribution >= 0.6 is 11.6 Å². The van der Waals surface area contributed by atoms with Crippen molar-refractivity contribution in [2.75, 3.05) is 38.1 Å². The SMILES string of the molecule is Cc1ccc(S(=O)(=O)Nc2ccc3c(c2)C(=O)N([C@H](C)CO)C[C@H](C)[C@@H](CN(C)S(=O)(=O)c2ccc(Cl)cc2)OCCCC[C@@H](C)O3)cc1. The van der Waals surface area contributed by atoms with Gasteiger partial charge in [0.1, 0.15) is 5.75 Å². The third-order valence-electron chi connectivity index (χ3n) is 8.59. The lowest BCUT2D eigenvalue weighted by Gasteiger charge is -2.35. The summed E-state index contributed by atoms with van der Waals surface area (Å²) in [6, 6.07) is 16.3. The Kier molecular flexibility index (Phi) is 13.1. The topological polar surface area (TPSA) is 143 Å². The highest BCUT2D eigenvalue weighted by molar-refractivity contribution is 7.92. The Morgan fingerprint density at radius 1 is 1.00 bits per heavy atom. The Labute approximate surface area is 295 Å². The van der Waals surface area contributed by atoms with Crippen LogP contribution in [0.2, 0.25) is 5.02 Å². The Bertz CT molecular complexity index is 1790. The van der Waals surface area contributed by atoms with E-state index in [4.69, 9.17) is 21.1 Å². The van der Waals surface area contributed by atoms with Gasteiger partial charge >= 0.3 is 0 Å². The smallest absolute Gasteiger partial charge is 0.261 e. The fourth-order valence-corrected chi connectivity index (χ4v) is 7.88. The highest BCUT2D eigenvalue weighted by Crippen LogP contribution is 2.30. The summed E-state index contributed by atoms with van der Waals surface area (Å²) in [5.74, 6) is -0.572. The molecule has 1 aliphatic heterocycles. The molecule has 0 aromatic heterocycles. The number of ether oxygens (including phenoxy) is 2. The molecule has 14 heteroatoms. The number of nitrogens with one attached hydrogen (secondary N) is 1. The zero-order chi connectivity index (χ0) is 35.9. The van der Waals surface area contributed by atoms with Crippen molar-refractivity contribution in [3.8, 4) is 5.75 Å². The van der Waals surface area contributed by atoms with Crippen LogP contribution in [0.25, 0.3) is 0 Å². The van der Waals surface area contributed by atoms with Gasteiger partial charge in [0.15, 0.2) is 0 Å². The third kappa shape index (κ3) is 9.95. The standard InChI is InChI=1S/C35H46ClN3O8S2/c1-24-9-14-30(15-10-24)48(42,43)37-29-13-18-33-32(20-29)35(41)39(26(3)23-40)21-25(2)34(46-19-7-6-8-27(4)47-33)22-38(5)49(44,45)31-16-11-28(36)12-17-31/h9-18,20,25-27,34,37,40H,6-8,19,21-23H2,1-5H3/t25-,26+,27+,34+/m0/s1. The molecule has 1 amide bonds. The fourth-order valence-electron chi connectivity index (χ4n) is 5.52. The lowest BCUT2D eigenvalue weighted by Crippen LogP contribution is -2.48. The van der Waals surface area contributed by atoms with Crippen LogP contribution in [0.4, 0.5) is 5.69 Å². The van der Waals surface area contributed by atoms with Crippen molar-refractivity contribution in [1.29, 1.82) is 0 Å². The first-order chi connectivity index (χ1) is 23.1. The fraction of sp³-hybridized carbons (Fsp3) is 0.457. The van der Waals surface area contributed by atoms with Gasteiger partial charge in [-0.2, -0.15) is 4.31 Å². The molecule has 4 rings (SSSR count). The van der Waals surface area contributed by atoms with Crippen molar-refractivity contribution in [2.24, 2.45) is 5.92 Å². The molecule has 3 aromatic rings. The van der Waals surface area contributed by atoms with Crippen LogP contribution in [0, 0.1) is 12.8 Å². The number of likely N-dealkylation sites (N-methyl/N-ethyl adjacent to an activating group) is 1. The maximum absolute atomic E-state index is 14.4. The van der Waals surface area contributed by atoms with E-state index in [-0.39, 0.29) is 58.5 Å². The molecule has 0 bridgehead atoms. The zero-order valence-corrected chi connectivity index (χ0v) is 30.9. The minimum Gasteiger partial charge on any atom is -0.490 e. The zero-order valence-electron chi connectivity index (χ0n) is 28.5. The number of halogens is 1. The van der Waals surface area contributed by atoms with E-state index in [0.29, 0.717) is 24.5 Å². The predicted octanol–water partition coefficient (Wildman–Crippen LogP) is 5.57. The quantitative estimate of drug-likeness (QED) is 0.291. The van der Waals surface area contributed by atoms with Gasteiger partial charge in [0, 0.05) is 43.4 Å². The molecule has 3 aromatic carbocycles. The number of carbonyl (C=O) groups is 1. The highest BCUT2D eigenvalue weighted by Gasteiger charge is 2.32. The number of carbonyl (C=O) groups excluding carboxylic acids is 1. The van der Waals surface area contributed by atoms with Gasteiger partial charge in [0.2, 0.25) is 10.0 Å². The minimum atomic E-state index is -3.96. The molecule has 0 fully saturated rings. The molecular formula is C35H46ClN3O8S2. The highest BCUT2D eigenvalue weighted by atomic mass is 35.5. The number of hydrogen-bond donors (Lipinski definition) is 2. The molecule has 0 aliphatic carbocycles. The van der Waals surface area contributed by atoms with Gasteiger partial charge in [-0.25, -0.2) is 16.8 Å². The van der Waals surface area contributed by atoms with Crippen molar-refractivity contribution in [1.82, 2.24) is 9.21 Å². The number of amides is 1. The summed E-state index contributed by atoms with van der Waals surface area (Å²) in [5.41, 5.74) is 1.21. The number of sulfonamides is 2.